The van der Waals surface area contributed by atoms with Crippen molar-refractivity contribution in [1.29, 1.82) is 0 Å². The first kappa shape index (κ1) is 21.8. The Morgan fingerprint density at radius 3 is 2.88 bits per heavy atom. The van der Waals surface area contributed by atoms with E-state index in [2.05, 4.69) is 20.8 Å². The molecule has 0 aliphatic rings. The highest BCUT2D eigenvalue weighted by Crippen LogP contribution is 2.32. The fourth-order valence-electron chi connectivity index (χ4n) is 2.85. The Morgan fingerprint density at radius 2 is 2.06 bits per heavy atom. The molecule has 0 unspecified atom stereocenters. The Hall–Kier alpha value is -3.44. The summed E-state index contributed by atoms with van der Waals surface area (Å²) >= 11 is 2.67. The molecule has 2 N–H and O–H groups in total. The zero-order valence-electron chi connectivity index (χ0n) is 16.8. The molecule has 8 nitrogen and oxygen atoms in total. The van der Waals surface area contributed by atoms with Crippen LogP contribution in [0.1, 0.15) is 12.5 Å². The lowest BCUT2D eigenvalue weighted by atomic mass is 10.1. The molecule has 2 aromatic carbocycles. The number of anilines is 3. The number of carbonyl (C=O) groups excluding carboxylic acids is 1. The van der Waals surface area contributed by atoms with Crippen LogP contribution in [0.4, 0.5) is 25.7 Å². The smallest absolute Gasteiger partial charge is 0.411 e. The van der Waals surface area contributed by atoms with E-state index in [9.17, 15) is 14.0 Å². The summed E-state index contributed by atoms with van der Waals surface area (Å²) in [5, 5.41) is 14.8. The van der Waals surface area contributed by atoms with E-state index in [4.69, 9.17) is 9.15 Å². The second kappa shape index (κ2) is 9.79. The Labute approximate surface area is 189 Å². The zero-order valence-corrected chi connectivity index (χ0v) is 18.4. The first-order valence-electron chi connectivity index (χ1n) is 9.50. The van der Waals surface area contributed by atoms with Crippen LogP contribution < -0.4 is 16.3 Å². The van der Waals surface area contributed by atoms with Crippen molar-refractivity contribution in [3.63, 3.8) is 0 Å². The van der Waals surface area contributed by atoms with Crippen molar-refractivity contribution < 1.29 is 18.3 Å². The quantitative estimate of drug-likeness (QED) is 0.272. The minimum Gasteiger partial charge on any atom is -0.450 e. The molecule has 0 fully saturated rings. The van der Waals surface area contributed by atoms with Crippen LogP contribution >= 0.6 is 23.1 Å². The molecule has 0 aliphatic carbocycles. The van der Waals surface area contributed by atoms with Gasteiger partial charge in [-0.2, -0.15) is 0 Å². The highest BCUT2D eigenvalue weighted by Gasteiger charge is 2.12. The van der Waals surface area contributed by atoms with Gasteiger partial charge < -0.3 is 14.5 Å². The van der Waals surface area contributed by atoms with Crippen molar-refractivity contribution >= 4 is 56.7 Å². The molecule has 32 heavy (non-hydrogen) atoms. The number of aromatic nitrogens is 2. The van der Waals surface area contributed by atoms with Gasteiger partial charge in [0.2, 0.25) is 5.13 Å². The Bertz CT molecular complexity index is 1320. The average Bonchev–Trinajstić information content (AvgIpc) is 3.21. The minimum atomic E-state index is -0.586. The third-order valence-electron chi connectivity index (χ3n) is 4.23. The monoisotopic (exact) mass is 472 g/mol. The lowest BCUT2D eigenvalue weighted by Gasteiger charge is -2.08. The predicted molar refractivity (Wildman–Crippen MR) is 122 cm³/mol. The number of hydrogen-bond donors (Lipinski definition) is 2. The number of rotatable bonds is 7. The minimum absolute atomic E-state index is 0.249. The molecule has 0 saturated heterocycles. The number of fused-ring (bicyclic) bond motifs is 1. The van der Waals surface area contributed by atoms with Gasteiger partial charge in [0.1, 0.15) is 11.4 Å². The van der Waals surface area contributed by atoms with Gasteiger partial charge in [0.25, 0.3) is 0 Å². The van der Waals surface area contributed by atoms with Gasteiger partial charge in [-0.15, -0.1) is 10.2 Å². The lowest BCUT2D eigenvalue weighted by molar-refractivity contribution is 0.168. The molecule has 0 bridgehead atoms. The molecule has 4 rings (SSSR count). The van der Waals surface area contributed by atoms with Crippen LogP contribution in [0.15, 0.2) is 62.1 Å². The maximum atomic E-state index is 13.8. The second-order valence-electron chi connectivity index (χ2n) is 6.41. The molecule has 0 atom stereocenters. The van der Waals surface area contributed by atoms with Crippen molar-refractivity contribution in [1.82, 2.24) is 10.2 Å². The number of benzene rings is 2. The molecule has 2 aromatic heterocycles. The van der Waals surface area contributed by atoms with E-state index in [1.165, 1.54) is 35.2 Å². The van der Waals surface area contributed by atoms with E-state index >= 15 is 0 Å². The lowest BCUT2D eigenvalue weighted by Crippen LogP contribution is -2.13. The van der Waals surface area contributed by atoms with E-state index in [1.54, 1.807) is 43.3 Å². The number of nitrogens with one attached hydrogen (secondary N) is 2. The Morgan fingerprint density at radius 1 is 1.22 bits per heavy atom. The van der Waals surface area contributed by atoms with Crippen molar-refractivity contribution in [2.45, 2.75) is 17.0 Å². The molecular weight excluding hydrogens is 455 g/mol. The predicted octanol–water partition coefficient (Wildman–Crippen LogP) is 5.39. The van der Waals surface area contributed by atoms with Crippen molar-refractivity contribution in [2.75, 3.05) is 17.2 Å². The number of nitrogens with zero attached hydrogens (tertiary/aromatic N) is 2. The highest BCUT2D eigenvalue weighted by molar-refractivity contribution is 8.00. The Kier molecular flexibility index (Phi) is 6.66. The van der Waals surface area contributed by atoms with E-state index in [0.717, 1.165) is 10.9 Å². The van der Waals surface area contributed by atoms with Crippen molar-refractivity contribution in [2.24, 2.45) is 0 Å². The molecule has 164 valence electrons. The van der Waals surface area contributed by atoms with Crippen LogP contribution in [-0.2, 0) is 10.5 Å². The van der Waals surface area contributed by atoms with E-state index in [-0.39, 0.29) is 12.4 Å². The third-order valence-corrected chi connectivity index (χ3v) is 6.25. The topological polar surface area (TPSA) is 106 Å². The standard InChI is InChI=1S/C21H17FN4O4S2/c1-2-29-20(28)23-13-7-8-14-12(9-18(27)30-17(14)10-13)11-31-21-26-25-19(32-21)24-16-6-4-3-5-15(16)22/h3-10H,2,11H2,1H3,(H,23,28)(H,24,25). The summed E-state index contributed by atoms with van der Waals surface area (Å²) in [6.07, 6.45) is -0.586. The summed E-state index contributed by atoms with van der Waals surface area (Å²) < 4.78 is 24.6. The van der Waals surface area contributed by atoms with E-state index < -0.39 is 11.7 Å². The maximum Gasteiger partial charge on any atom is 0.411 e. The van der Waals surface area contributed by atoms with Crippen LogP contribution in [0.3, 0.4) is 0 Å². The largest absolute Gasteiger partial charge is 0.450 e. The van der Waals surface area contributed by atoms with Gasteiger partial charge in [0.15, 0.2) is 4.34 Å². The van der Waals surface area contributed by atoms with Gasteiger partial charge in [0.05, 0.1) is 12.3 Å². The summed E-state index contributed by atoms with van der Waals surface area (Å²) in [5.74, 6) is 0.0670. The number of ether oxygens (including phenoxy) is 1. The van der Waals surface area contributed by atoms with Crippen LogP contribution in [0.25, 0.3) is 11.0 Å². The zero-order chi connectivity index (χ0) is 22.5. The van der Waals surface area contributed by atoms with Crippen molar-refractivity contribution in [3.05, 3.63) is 70.3 Å². The normalized spacial score (nSPS) is 10.8. The molecule has 11 heteroatoms. The van der Waals surface area contributed by atoms with E-state index in [0.29, 0.717) is 32.2 Å². The molecule has 2 heterocycles. The number of amides is 1. The molecule has 0 saturated carbocycles. The van der Waals surface area contributed by atoms with Crippen LogP contribution in [0.5, 0.6) is 0 Å². The van der Waals surface area contributed by atoms with Gasteiger partial charge in [-0.05, 0) is 36.8 Å². The summed E-state index contributed by atoms with van der Waals surface area (Å²) in [6.45, 7) is 1.96. The van der Waals surface area contributed by atoms with Crippen molar-refractivity contribution in [3.8, 4) is 0 Å². The summed E-state index contributed by atoms with van der Waals surface area (Å²) in [6, 6.07) is 12.8. The van der Waals surface area contributed by atoms with Crippen LogP contribution in [0, 0.1) is 5.82 Å². The molecule has 1 amide bonds. The van der Waals surface area contributed by atoms with Gasteiger partial charge in [-0.25, -0.2) is 14.0 Å². The first-order chi connectivity index (χ1) is 15.5. The molecule has 0 radical (unpaired) electrons. The second-order valence-corrected chi connectivity index (χ2v) is 8.61. The molecule has 0 spiro atoms. The first-order valence-corrected chi connectivity index (χ1v) is 11.3. The summed E-state index contributed by atoms with van der Waals surface area (Å²) in [4.78, 5) is 23.6. The summed E-state index contributed by atoms with van der Waals surface area (Å²) in [7, 11) is 0. The van der Waals surface area contributed by atoms with Gasteiger partial charge in [-0.1, -0.05) is 35.2 Å². The van der Waals surface area contributed by atoms with Crippen LogP contribution in [-0.4, -0.2) is 22.9 Å². The van der Waals surface area contributed by atoms with Gasteiger partial charge >= 0.3 is 11.7 Å². The number of para-hydroxylation sites is 1. The SMILES string of the molecule is CCOC(=O)Nc1ccc2c(CSc3nnc(Nc4ccccc4F)s3)cc(=O)oc2c1. The third kappa shape index (κ3) is 5.24. The number of thioether (sulfide) groups is 1. The molecular formula is C21H17FN4O4S2. The average molecular weight is 473 g/mol. The van der Waals surface area contributed by atoms with Gasteiger partial charge in [-0.3, -0.25) is 5.32 Å². The van der Waals surface area contributed by atoms with Crippen LogP contribution in [0.2, 0.25) is 0 Å². The maximum absolute atomic E-state index is 13.8. The fraction of sp³-hybridized carbons (Fsp3) is 0.143. The Balaban J connectivity index is 1.48. The number of carbonyl (C=O) groups is 1. The molecule has 4 aromatic rings. The number of halogens is 1. The highest BCUT2D eigenvalue weighted by atomic mass is 32.2. The van der Waals surface area contributed by atoms with E-state index in [1.807, 2.05) is 0 Å². The fourth-order valence-corrected chi connectivity index (χ4v) is 4.60. The number of hydrogen-bond acceptors (Lipinski definition) is 9. The van der Waals surface area contributed by atoms with Gasteiger partial charge in [0, 0.05) is 29.0 Å². The summed E-state index contributed by atoms with van der Waals surface area (Å²) in [5.41, 5.74) is 1.38. The molecule has 0 aliphatic heterocycles.